The predicted octanol–water partition coefficient (Wildman–Crippen LogP) is 7.38. The zero-order valence-corrected chi connectivity index (χ0v) is 30.9. The number of Topliss-reactive ketones (excluding diaryl/α,β-unsaturated/α-hetero) is 1. The highest BCUT2D eigenvalue weighted by atomic mass is 32.1. The Hall–Kier alpha value is -4.47. The highest BCUT2D eigenvalue weighted by Crippen LogP contribution is 2.38. The zero-order chi connectivity index (χ0) is 36.6. The SMILES string of the molecule is CCCCc1c(C#N)ccc(C)c1F.CCCc1nc(C)c2c(=O)[nH]c(-c3cc(N(C(C)=S)C4(C(=O)CC)CCOC4)ccc3OCC)nn12. The van der Waals surface area contributed by atoms with Crippen LogP contribution in [0.15, 0.2) is 35.1 Å². The van der Waals surface area contributed by atoms with Crippen molar-refractivity contribution in [2.75, 3.05) is 24.7 Å². The van der Waals surface area contributed by atoms with E-state index in [9.17, 15) is 14.0 Å². The summed E-state index contributed by atoms with van der Waals surface area (Å²) < 4.78 is 26.9. The number of benzene rings is 2. The Labute approximate surface area is 298 Å². The second kappa shape index (κ2) is 17.0. The molecule has 1 saturated heterocycles. The lowest BCUT2D eigenvalue weighted by Crippen LogP contribution is -2.57. The summed E-state index contributed by atoms with van der Waals surface area (Å²) in [4.78, 5) is 36.2. The molecule has 0 aliphatic carbocycles. The maximum atomic E-state index is 13.6. The summed E-state index contributed by atoms with van der Waals surface area (Å²) in [5.74, 6) is 1.52. The summed E-state index contributed by atoms with van der Waals surface area (Å²) in [6.45, 7) is 14.4. The molecule has 1 N–H and O–H groups in total. The minimum absolute atomic E-state index is 0.0747. The van der Waals surface area contributed by atoms with Crippen LogP contribution in [0, 0.1) is 31.0 Å². The van der Waals surface area contributed by atoms with Crippen LogP contribution in [0.4, 0.5) is 10.1 Å². The molecule has 0 radical (unpaired) electrons. The van der Waals surface area contributed by atoms with Crippen LogP contribution in [0.2, 0.25) is 0 Å². The highest BCUT2D eigenvalue weighted by molar-refractivity contribution is 7.80. The number of nitrogens with one attached hydrogen (secondary N) is 1. The Morgan fingerprint density at radius 1 is 1.18 bits per heavy atom. The molecule has 1 atom stereocenters. The molecule has 2 aromatic heterocycles. The van der Waals surface area contributed by atoms with Crippen molar-refractivity contribution in [1.29, 1.82) is 5.26 Å². The van der Waals surface area contributed by atoms with Gasteiger partial charge in [-0.05, 0) is 76.8 Å². The number of ether oxygens (including phenoxy) is 2. The molecule has 2 aromatic carbocycles. The van der Waals surface area contributed by atoms with E-state index in [1.54, 1.807) is 23.6 Å². The summed E-state index contributed by atoms with van der Waals surface area (Å²) in [7, 11) is 0. The highest BCUT2D eigenvalue weighted by Gasteiger charge is 2.47. The molecule has 0 amide bonds. The van der Waals surface area contributed by atoms with Crippen LogP contribution >= 0.6 is 12.2 Å². The number of hydrogen-bond acceptors (Lipinski definition) is 8. The normalized spacial score (nSPS) is 15.3. The molecular weight excluding hydrogens is 656 g/mol. The molecular formula is C38H47FN6O4S. The second-order valence-electron chi connectivity index (χ2n) is 12.4. The first-order chi connectivity index (χ1) is 24.0. The quantitative estimate of drug-likeness (QED) is 0.151. The first kappa shape index (κ1) is 38.3. The van der Waals surface area contributed by atoms with Crippen molar-refractivity contribution in [3.05, 3.63) is 74.7 Å². The third kappa shape index (κ3) is 7.79. The molecule has 1 fully saturated rings. The number of anilines is 1. The number of H-pyrrole nitrogens is 1. The van der Waals surface area contributed by atoms with Gasteiger partial charge in [0.05, 0.1) is 41.1 Å². The Morgan fingerprint density at radius 3 is 2.54 bits per heavy atom. The molecule has 3 heterocycles. The summed E-state index contributed by atoms with van der Waals surface area (Å²) >= 11 is 5.65. The summed E-state index contributed by atoms with van der Waals surface area (Å²) in [5, 5.41) is 13.6. The van der Waals surface area contributed by atoms with E-state index in [0.717, 1.165) is 25.1 Å². The molecule has 1 unspecified atom stereocenters. The number of carbonyl (C=O) groups excluding carboxylic acids is 1. The molecule has 0 spiro atoms. The maximum Gasteiger partial charge on any atom is 0.277 e. The average Bonchev–Trinajstić information content (AvgIpc) is 3.71. The van der Waals surface area contributed by atoms with Crippen LogP contribution in [-0.2, 0) is 22.4 Å². The van der Waals surface area contributed by atoms with Crippen LogP contribution in [0.25, 0.3) is 16.9 Å². The average molecular weight is 703 g/mol. The minimum atomic E-state index is -0.870. The molecule has 266 valence electrons. The van der Waals surface area contributed by atoms with Crippen molar-refractivity contribution in [3.8, 4) is 23.2 Å². The number of fused-ring (bicyclic) bond motifs is 1. The largest absolute Gasteiger partial charge is 0.493 e. The number of halogens is 1. The van der Waals surface area contributed by atoms with Crippen LogP contribution in [0.5, 0.6) is 5.75 Å². The van der Waals surface area contributed by atoms with Gasteiger partial charge in [0.25, 0.3) is 5.56 Å². The second-order valence-corrected chi connectivity index (χ2v) is 13.0. The first-order valence-electron chi connectivity index (χ1n) is 17.3. The fraction of sp³-hybridized carbons (Fsp3) is 0.474. The number of aromatic amines is 1. The van der Waals surface area contributed by atoms with Crippen molar-refractivity contribution < 1.29 is 18.7 Å². The number of nitrogens with zero attached hydrogens (tertiary/aromatic N) is 5. The van der Waals surface area contributed by atoms with Gasteiger partial charge >= 0.3 is 0 Å². The maximum absolute atomic E-state index is 13.6. The Balaban J connectivity index is 0.000000337. The van der Waals surface area contributed by atoms with E-state index in [1.165, 1.54) is 0 Å². The van der Waals surface area contributed by atoms with Crippen molar-refractivity contribution in [1.82, 2.24) is 19.6 Å². The summed E-state index contributed by atoms with van der Waals surface area (Å²) in [6.07, 6.45) is 5.09. The molecule has 10 nitrogen and oxygen atoms in total. The molecule has 50 heavy (non-hydrogen) atoms. The number of thiocarbonyl (C=S) groups is 1. The topological polar surface area (TPSA) is 126 Å². The fourth-order valence-electron chi connectivity index (χ4n) is 6.44. The predicted molar refractivity (Wildman–Crippen MR) is 198 cm³/mol. The smallest absolute Gasteiger partial charge is 0.277 e. The van der Waals surface area contributed by atoms with Gasteiger partial charge in [-0.2, -0.15) is 5.26 Å². The van der Waals surface area contributed by atoms with Crippen LogP contribution in [-0.4, -0.2) is 55.7 Å². The van der Waals surface area contributed by atoms with E-state index in [1.807, 2.05) is 56.9 Å². The summed E-state index contributed by atoms with van der Waals surface area (Å²) in [6, 6.07) is 11.0. The van der Waals surface area contributed by atoms with E-state index in [2.05, 4.69) is 23.8 Å². The molecule has 1 aliphatic heterocycles. The molecule has 0 bridgehead atoms. The van der Waals surface area contributed by atoms with Crippen molar-refractivity contribution in [2.24, 2.45) is 0 Å². The van der Waals surface area contributed by atoms with Gasteiger partial charge < -0.3 is 19.4 Å². The van der Waals surface area contributed by atoms with E-state index >= 15 is 0 Å². The number of imidazole rings is 1. The molecule has 0 saturated carbocycles. The van der Waals surface area contributed by atoms with Crippen LogP contribution < -0.4 is 15.2 Å². The third-order valence-electron chi connectivity index (χ3n) is 8.91. The molecule has 12 heteroatoms. The van der Waals surface area contributed by atoms with Crippen LogP contribution in [0.3, 0.4) is 0 Å². The van der Waals surface area contributed by atoms with Gasteiger partial charge in [-0.1, -0.05) is 45.5 Å². The standard InChI is InChI=1S/C26H33N5O4S.C12H14FN/c1-6-9-22-27-16(4)23-25(33)28-24(29-31(22)23)19-14-18(10-11-20(19)35-8-3)30(17(5)36)26(21(32)7-2)12-13-34-15-26;1-3-4-5-11-10(8-14)7-6-9(2)12(11)13/h10-11,14H,6-9,12-13,15H2,1-5H3,(H,28,29,33);6-7H,3-5H2,1-2H3. The van der Waals surface area contributed by atoms with Gasteiger partial charge in [-0.15, -0.1) is 5.10 Å². The number of carbonyl (C=O) groups is 1. The van der Waals surface area contributed by atoms with Gasteiger partial charge in [0.1, 0.15) is 22.9 Å². The van der Waals surface area contributed by atoms with E-state index in [0.29, 0.717) is 94.6 Å². The number of hydrogen-bond donors (Lipinski definition) is 1. The van der Waals surface area contributed by atoms with Crippen LogP contribution in [0.1, 0.15) is 94.9 Å². The lowest BCUT2D eigenvalue weighted by molar-refractivity contribution is -0.123. The van der Waals surface area contributed by atoms with Gasteiger partial charge in [-0.25, -0.2) is 13.9 Å². The van der Waals surface area contributed by atoms with Crippen molar-refractivity contribution >= 4 is 34.2 Å². The monoisotopic (exact) mass is 702 g/mol. The number of nitriles is 1. The van der Waals surface area contributed by atoms with Gasteiger partial charge in [0, 0.05) is 37.1 Å². The first-order valence-corrected chi connectivity index (χ1v) is 17.7. The molecule has 5 rings (SSSR count). The minimum Gasteiger partial charge on any atom is -0.493 e. The number of unbranched alkanes of at least 4 members (excludes halogenated alkanes) is 1. The van der Waals surface area contributed by atoms with Gasteiger partial charge in [0.15, 0.2) is 17.1 Å². The molecule has 4 aromatic rings. The Morgan fingerprint density at radius 2 is 1.94 bits per heavy atom. The fourth-order valence-corrected chi connectivity index (χ4v) is 6.72. The van der Waals surface area contributed by atoms with Crippen molar-refractivity contribution in [3.63, 3.8) is 0 Å². The van der Waals surface area contributed by atoms with Gasteiger partial charge in [-0.3, -0.25) is 9.59 Å². The van der Waals surface area contributed by atoms with E-state index in [-0.39, 0.29) is 23.8 Å². The van der Waals surface area contributed by atoms with Gasteiger partial charge in [0.2, 0.25) is 0 Å². The molecule has 1 aliphatic rings. The van der Waals surface area contributed by atoms with Crippen molar-refractivity contribution in [2.45, 2.75) is 99.0 Å². The van der Waals surface area contributed by atoms with E-state index in [4.69, 9.17) is 32.1 Å². The lowest BCUT2D eigenvalue weighted by Gasteiger charge is -2.40. The Kier molecular flexibility index (Phi) is 13.0. The van der Waals surface area contributed by atoms with E-state index < -0.39 is 5.54 Å². The lowest BCUT2D eigenvalue weighted by atomic mass is 9.88. The Bertz CT molecular complexity index is 1960. The third-order valence-corrected chi connectivity index (χ3v) is 9.10. The number of rotatable bonds is 12. The number of ketones is 1. The number of aromatic nitrogens is 4. The summed E-state index contributed by atoms with van der Waals surface area (Å²) in [5.41, 5.74) is 2.92. The zero-order valence-electron chi connectivity index (χ0n) is 30.1. The number of aryl methyl sites for hydroxylation is 3.